The molecule has 7 heteroatoms. The zero-order valence-electron chi connectivity index (χ0n) is 19.6. The molecule has 0 bridgehead atoms. The van der Waals surface area contributed by atoms with Gasteiger partial charge in [0.05, 0.1) is 14.9 Å². The topological polar surface area (TPSA) is 89.4 Å². The molecule has 0 saturated heterocycles. The highest BCUT2D eigenvalue weighted by molar-refractivity contribution is 7.77. The van der Waals surface area contributed by atoms with Crippen molar-refractivity contribution < 1.29 is 28.9 Å². The summed E-state index contributed by atoms with van der Waals surface area (Å²) in [7, 11) is -5.59. The summed E-state index contributed by atoms with van der Waals surface area (Å²) < 4.78 is 32.7. The number of benzene rings is 4. The molecule has 0 radical (unpaired) electrons. The summed E-state index contributed by atoms with van der Waals surface area (Å²) in [5, 5.41) is 5.87. The molecule has 0 aromatic heterocycles. The van der Waals surface area contributed by atoms with Crippen molar-refractivity contribution >= 4 is 37.1 Å². The molecule has 2 atom stereocenters. The van der Waals surface area contributed by atoms with Crippen LogP contribution in [-0.4, -0.2) is 16.0 Å². The first-order chi connectivity index (χ1) is 16.8. The molecule has 0 spiro atoms. The van der Waals surface area contributed by atoms with Crippen molar-refractivity contribution in [2.45, 2.75) is 25.2 Å². The number of halogens is 1. The molecule has 0 saturated carbocycles. The van der Waals surface area contributed by atoms with E-state index in [4.69, 9.17) is 18.6 Å². The summed E-state index contributed by atoms with van der Waals surface area (Å²) in [4.78, 5) is 0. The largest absolute Gasteiger partial charge is 0.183 e. The van der Waals surface area contributed by atoms with Crippen LogP contribution in [0.1, 0.15) is 13.8 Å². The lowest BCUT2D eigenvalue weighted by Crippen LogP contribution is -2.58. The van der Waals surface area contributed by atoms with E-state index in [1.807, 2.05) is 0 Å². The van der Waals surface area contributed by atoms with E-state index in [1.165, 1.54) is 21.2 Å². The zero-order valence-corrected chi connectivity index (χ0v) is 22.2. The molecule has 0 amide bonds. The maximum Gasteiger partial charge on any atom is 0.0777 e. The van der Waals surface area contributed by atoms with E-state index in [0.29, 0.717) is 11.3 Å². The Labute approximate surface area is 212 Å². The Bertz CT molecular complexity index is 955. The van der Waals surface area contributed by atoms with Gasteiger partial charge in [0.15, 0.2) is 0 Å². The van der Waals surface area contributed by atoms with Crippen LogP contribution in [0.4, 0.5) is 0 Å². The van der Waals surface area contributed by atoms with E-state index in [-0.39, 0.29) is 0 Å². The first-order valence-electron chi connectivity index (χ1n) is 11.2. The molecule has 0 heterocycles. The molecule has 182 valence electrons. The summed E-state index contributed by atoms with van der Waals surface area (Å²) >= 11 is 0. The van der Waals surface area contributed by atoms with E-state index < -0.39 is 26.1 Å². The second-order valence-corrected chi connectivity index (χ2v) is 13.9. The van der Waals surface area contributed by atoms with Gasteiger partial charge in [0.1, 0.15) is 0 Å². The van der Waals surface area contributed by atoms with E-state index in [1.54, 1.807) is 0 Å². The highest BCUT2D eigenvalue weighted by atomic mass is 35.7. The fourth-order valence-corrected chi connectivity index (χ4v) is 10.1. The average Bonchev–Trinajstić information content (AvgIpc) is 2.86. The zero-order chi connectivity index (χ0) is 25.3. The Morgan fingerprint density at radius 3 is 0.829 bits per heavy atom. The fraction of sp³-hybridized carbons (Fsp3) is 0.143. The van der Waals surface area contributed by atoms with Gasteiger partial charge in [0.25, 0.3) is 0 Å². The van der Waals surface area contributed by atoms with Crippen LogP contribution in [0.2, 0.25) is 0 Å². The lowest BCUT2D eigenvalue weighted by Gasteiger charge is -2.35. The lowest BCUT2D eigenvalue weighted by atomic mass is 10.3. The van der Waals surface area contributed by atoms with Crippen molar-refractivity contribution in [1.82, 2.24) is 0 Å². The Morgan fingerprint density at radius 2 is 0.657 bits per heavy atom. The van der Waals surface area contributed by atoms with Gasteiger partial charge in [-0.2, -0.15) is 14.0 Å². The van der Waals surface area contributed by atoms with Gasteiger partial charge >= 0.3 is 0 Å². The maximum atomic E-state index is 8.60. The van der Waals surface area contributed by atoms with E-state index in [0.717, 1.165) is 0 Å². The molecule has 4 nitrogen and oxygen atoms in total. The lowest BCUT2D eigenvalue weighted by molar-refractivity contribution is -1.92. The van der Waals surface area contributed by atoms with Crippen LogP contribution in [-0.2, 0) is 0 Å². The van der Waals surface area contributed by atoms with Crippen LogP contribution in [0, 0.1) is 10.2 Å². The number of hydrogen-bond donors (Lipinski definition) is 1. The Balaban J connectivity index is 0.000000623. The van der Waals surface area contributed by atoms with Crippen molar-refractivity contribution in [3.05, 3.63) is 121 Å². The first-order valence-corrected chi connectivity index (χ1v) is 15.3. The molecule has 0 aliphatic carbocycles. The van der Waals surface area contributed by atoms with Gasteiger partial charge in [-0.25, -0.2) is 0 Å². The van der Waals surface area contributed by atoms with E-state index >= 15 is 0 Å². The smallest absolute Gasteiger partial charge is 0.0777 e. The van der Waals surface area contributed by atoms with Crippen LogP contribution in [0.3, 0.4) is 0 Å². The van der Waals surface area contributed by atoms with Crippen molar-refractivity contribution in [1.29, 1.82) is 0 Å². The van der Waals surface area contributed by atoms with E-state index in [9.17, 15) is 0 Å². The highest BCUT2D eigenvalue weighted by Crippen LogP contribution is 2.51. The fourth-order valence-electron chi connectivity index (χ4n) is 4.02. The standard InChI is InChI=1S/C28H28P2.ClHO4/c1-23(29(25-15-7-3-8-16-25)26-17-9-4-10-18-26)24(2)30(27-19-11-5-12-20-27)28-21-13-6-14-22-28;2-1(3,4)5/h3-24H,1-2H3;(H,2,3,4,5)/t23-,24-;/m0./s1. The molecule has 0 fully saturated rings. The molecule has 0 aliphatic heterocycles. The SMILES string of the molecule is C[C@@H]([C@H](C)P(c1ccccc1)c1ccccc1)P(c1ccccc1)c1ccccc1.[O-][Cl+3]([O-])([O-])O. The third-order valence-electron chi connectivity index (χ3n) is 5.65. The van der Waals surface area contributed by atoms with Gasteiger partial charge in [0.2, 0.25) is 0 Å². The third-order valence-corrected chi connectivity index (χ3v) is 11.8. The van der Waals surface area contributed by atoms with Gasteiger partial charge in [-0.15, -0.1) is 0 Å². The minimum Gasteiger partial charge on any atom is -0.183 e. The Hall–Kier alpha value is -2.13. The molecular weight excluding hydrogens is 498 g/mol. The van der Waals surface area contributed by atoms with Gasteiger partial charge in [-0.05, 0) is 48.4 Å². The van der Waals surface area contributed by atoms with Crippen molar-refractivity contribution in [3.63, 3.8) is 0 Å². The highest BCUT2D eigenvalue weighted by Gasteiger charge is 2.31. The molecule has 1 N–H and O–H groups in total. The summed E-state index contributed by atoms with van der Waals surface area (Å²) in [6.45, 7) is 4.94. The molecule has 35 heavy (non-hydrogen) atoms. The maximum absolute atomic E-state index is 8.60. The monoisotopic (exact) mass is 526 g/mol. The normalized spacial score (nSPS) is 13.1. The second-order valence-electron chi connectivity index (χ2n) is 7.96. The van der Waals surface area contributed by atoms with Crippen molar-refractivity contribution in [2.75, 3.05) is 0 Å². The van der Waals surface area contributed by atoms with Crippen molar-refractivity contribution in [3.8, 4) is 0 Å². The quantitative estimate of drug-likeness (QED) is 0.373. The van der Waals surface area contributed by atoms with Crippen LogP contribution in [0.25, 0.3) is 0 Å². The summed E-state index contributed by atoms with van der Waals surface area (Å²) in [5.41, 5.74) is 1.10. The summed E-state index contributed by atoms with van der Waals surface area (Å²) in [5.74, 6) is 0. The minimum atomic E-state index is -4.69. The van der Waals surface area contributed by atoms with Gasteiger partial charge in [-0.3, -0.25) is 0 Å². The predicted molar refractivity (Wildman–Crippen MR) is 139 cm³/mol. The van der Waals surface area contributed by atoms with Crippen LogP contribution in [0.5, 0.6) is 0 Å². The van der Waals surface area contributed by atoms with Crippen molar-refractivity contribution in [2.24, 2.45) is 0 Å². The third kappa shape index (κ3) is 8.49. The molecule has 0 unspecified atom stereocenters. The van der Waals surface area contributed by atoms with Gasteiger partial charge < -0.3 is 0 Å². The minimum absolute atomic E-state index is 0.448. The van der Waals surface area contributed by atoms with Crippen LogP contribution >= 0.6 is 15.8 Å². The number of hydrogen-bond acceptors (Lipinski definition) is 4. The molecule has 4 aromatic rings. The molecular formula is C28H29ClO4P2. The van der Waals surface area contributed by atoms with Gasteiger partial charge in [0, 0.05) is 0 Å². The molecule has 4 aromatic carbocycles. The second kappa shape index (κ2) is 13.3. The van der Waals surface area contributed by atoms with Crippen LogP contribution in [0.15, 0.2) is 121 Å². The summed E-state index contributed by atoms with van der Waals surface area (Å²) in [6.07, 6.45) is 0. The Morgan fingerprint density at radius 1 is 0.486 bits per heavy atom. The van der Waals surface area contributed by atoms with Crippen LogP contribution < -0.4 is 35.2 Å². The first kappa shape index (κ1) is 27.5. The average molecular weight is 527 g/mol. The predicted octanol–water partition coefficient (Wildman–Crippen LogP) is 1.91. The molecule has 0 aliphatic rings. The molecule has 4 rings (SSSR count). The summed E-state index contributed by atoms with van der Waals surface area (Å²) in [6, 6.07) is 44.5. The number of rotatable bonds is 7. The van der Waals surface area contributed by atoms with Gasteiger partial charge in [-0.1, -0.05) is 135 Å². The Kier molecular flexibility index (Phi) is 10.4. The van der Waals surface area contributed by atoms with E-state index in [2.05, 4.69) is 135 Å².